The molecule has 0 heterocycles. The zero-order valence-corrected chi connectivity index (χ0v) is 12.2. The van der Waals surface area contributed by atoms with E-state index in [1.807, 2.05) is 6.08 Å². The first kappa shape index (κ1) is 22.4. The number of hydrogen-bond donors (Lipinski definition) is 1. The first-order valence-electron chi connectivity index (χ1n) is 6.67. The second-order valence-electron chi connectivity index (χ2n) is 4.46. The Kier molecular flexibility index (Phi) is 15.8. The maximum atomic E-state index is 11.2. The molecule has 0 bridgehead atoms. The van der Waals surface area contributed by atoms with Gasteiger partial charge in [-0.3, -0.25) is 9.35 Å². The minimum absolute atomic E-state index is 0. The zero-order valence-electron chi connectivity index (χ0n) is 11.3. The van der Waals surface area contributed by atoms with Crippen LogP contribution in [0.25, 0.3) is 0 Å². The molecule has 0 aromatic rings. The van der Waals surface area contributed by atoms with Crippen LogP contribution in [0, 0.1) is 0 Å². The SMILES string of the molecule is C=CCCCCCCCCC(=O)OCCS(=O)(=O)O.[NaH]. The Morgan fingerprint density at radius 3 is 2.20 bits per heavy atom. The zero-order chi connectivity index (χ0) is 14.6. The third-order valence-corrected chi connectivity index (χ3v) is 3.33. The van der Waals surface area contributed by atoms with Crippen LogP contribution in [-0.2, 0) is 19.6 Å². The van der Waals surface area contributed by atoms with Crippen LogP contribution in [0.4, 0.5) is 0 Å². The predicted octanol–water partition coefficient (Wildman–Crippen LogP) is 2.08. The molecule has 7 heteroatoms. The number of ether oxygens (including phenoxy) is 1. The quantitative estimate of drug-likeness (QED) is 0.196. The van der Waals surface area contributed by atoms with Crippen molar-refractivity contribution in [2.24, 2.45) is 0 Å². The van der Waals surface area contributed by atoms with Crippen LogP contribution >= 0.6 is 0 Å². The van der Waals surface area contributed by atoms with Gasteiger partial charge in [-0.2, -0.15) is 8.42 Å². The van der Waals surface area contributed by atoms with Gasteiger partial charge in [0.1, 0.15) is 12.4 Å². The number of hydrogen-bond acceptors (Lipinski definition) is 4. The molecule has 0 fully saturated rings. The second-order valence-corrected chi connectivity index (χ2v) is 6.03. The van der Waals surface area contributed by atoms with Gasteiger partial charge in [0.2, 0.25) is 0 Å². The fourth-order valence-electron chi connectivity index (χ4n) is 1.60. The first-order chi connectivity index (χ1) is 8.95. The molecule has 0 aliphatic heterocycles. The van der Waals surface area contributed by atoms with Gasteiger partial charge in [0.25, 0.3) is 10.1 Å². The van der Waals surface area contributed by atoms with Gasteiger partial charge in [-0.1, -0.05) is 31.8 Å². The van der Waals surface area contributed by atoms with Gasteiger partial charge in [-0.15, -0.1) is 6.58 Å². The fraction of sp³-hybridized carbons (Fsp3) is 0.769. The second kappa shape index (κ2) is 14.1. The Balaban J connectivity index is 0. The van der Waals surface area contributed by atoms with E-state index in [-0.39, 0.29) is 36.2 Å². The molecule has 0 radical (unpaired) electrons. The third-order valence-electron chi connectivity index (χ3n) is 2.64. The van der Waals surface area contributed by atoms with Gasteiger partial charge >= 0.3 is 35.5 Å². The van der Waals surface area contributed by atoms with Crippen LogP contribution in [0.15, 0.2) is 12.7 Å². The van der Waals surface area contributed by atoms with Crippen molar-refractivity contribution in [3.63, 3.8) is 0 Å². The van der Waals surface area contributed by atoms with E-state index >= 15 is 0 Å². The van der Waals surface area contributed by atoms with E-state index in [0.29, 0.717) is 6.42 Å². The van der Waals surface area contributed by atoms with Gasteiger partial charge in [0.15, 0.2) is 0 Å². The van der Waals surface area contributed by atoms with E-state index in [1.165, 1.54) is 12.8 Å². The molecule has 0 aliphatic carbocycles. The Morgan fingerprint density at radius 2 is 1.65 bits per heavy atom. The number of unbranched alkanes of at least 4 members (excludes halogenated alkanes) is 6. The van der Waals surface area contributed by atoms with Gasteiger partial charge in [-0.25, -0.2) is 0 Å². The number of rotatable bonds is 12. The number of carbonyl (C=O) groups excluding carboxylic acids is 1. The summed E-state index contributed by atoms with van der Waals surface area (Å²) >= 11 is 0. The molecule has 1 N–H and O–H groups in total. The van der Waals surface area contributed by atoms with Crippen molar-refractivity contribution in [1.29, 1.82) is 0 Å². The van der Waals surface area contributed by atoms with Gasteiger partial charge in [0, 0.05) is 6.42 Å². The van der Waals surface area contributed by atoms with Crippen molar-refractivity contribution in [3.8, 4) is 0 Å². The van der Waals surface area contributed by atoms with Crippen LogP contribution in [0.1, 0.15) is 51.4 Å². The van der Waals surface area contributed by atoms with Crippen LogP contribution in [0.3, 0.4) is 0 Å². The van der Waals surface area contributed by atoms with E-state index in [9.17, 15) is 13.2 Å². The van der Waals surface area contributed by atoms with Crippen molar-refractivity contribution in [2.45, 2.75) is 51.4 Å². The van der Waals surface area contributed by atoms with Crippen molar-refractivity contribution in [1.82, 2.24) is 0 Å². The maximum absolute atomic E-state index is 11.2. The van der Waals surface area contributed by atoms with Crippen molar-refractivity contribution < 1.29 is 22.5 Å². The molecule has 0 aromatic carbocycles. The van der Waals surface area contributed by atoms with E-state index in [0.717, 1.165) is 32.1 Å². The monoisotopic (exact) mass is 316 g/mol. The molecule has 5 nitrogen and oxygen atoms in total. The molecule has 114 valence electrons. The molecule has 0 aliphatic rings. The molecule has 0 saturated carbocycles. The third kappa shape index (κ3) is 18.1. The molecule has 0 spiro atoms. The fourth-order valence-corrected chi connectivity index (χ4v) is 1.89. The summed E-state index contributed by atoms with van der Waals surface area (Å²) in [6, 6.07) is 0. The standard InChI is InChI=1S/C13H24O5S.Na.H/c1-2-3-4-5-6-7-8-9-10-13(14)18-11-12-19(15,16)17;;/h2H,1,3-12H2,(H,15,16,17);;. The van der Waals surface area contributed by atoms with Gasteiger partial charge in [-0.05, 0) is 19.3 Å². The average Bonchev–Trinajstić information content (AvgIpc) is 2.31. The molecule has 20 heavy (non-hydrogen) atoms. The summed E-state index contributed by atoms with van der Waals surface area (Å²) < 4.78 is 33.9. The average molecular weight is 316 g/mol. The Hall–Kier alpha value is 0.120. The van der Waals surface area contributed by atoms with Crippen LogP contribution in [0.5, 0.6) is 0 Å². The number of allylic oxidation sites excluding steroid dienone is 1. The first-order valence-corrected chi connectivity index (χ1v) is 8.28. The summed E-state index contributed by atoms with van der Waals surface area (Å²) in [4.78, 5) is 11.2. The van der Waals surface area contributed by atoms with Crippen molar-refractivity contribution in [2.75, 3.05) is 12.4 Å². The molecule has 0 rings (SSSR count). The van der Waals surface area contributed by atoms with E-state index in [2.05, 4.69) is 11.3 Å². The molecule has 0 amide bonds. The Morgan fingerprint density at radius 1 is 1.10 bits per heavy atom. The van der Waals surface area contributed by atoms with Crippen LogP contribution < -0.4 is 0 Å². The van der Waals surface area contributed by atoms with Gasteiger partial charge < -0.3 is 4.74 Å². The van der Waals surface area contributed by atoms with Gasteiger partial charge in [0.05, 0.1) is 0 Å². The van der Waals surface area contributed by atoms with Crippen LogP contribution in [-0.4, -0.2) is 60.9 Å². The summed E-state index contributed by atoms with van der Waals surface area (Å²) in [6.07, 6.45) is 9.61. The topological polar surface area (TPSA) is 80.7 Å². The molecular weight excluding hydrogens is 291 g/mol. The number of carbonyl (C=O) groups is 1. The van der Waals surface area contributed by atoms with E-state index < -0.39 is 21.8 Å². The Labute approximate surface area is 144 Å². The molecular formula is C13H25NaO5S. The summed E-state index contributed by atoms with van der Waals surface area (Å²) in [5.41, 5.74) is 0. The predicted molar refractivity (Wildman–Crippen MR) is 81.7 cm³/mol. The summed E-state index contributed by atoms with van der Waals surface area (Å²) in [5.74, 6) is -0.947. The summed E-state index contributed by atoms with van der Waals surface area (Å²) in [6.45, 7) is 3.38. The number of esters is 1. The van der Waals surface area contributed by atoms with E-state index in [4.69, 9.17) is 4.55 Å². The normalized spacial score (nSPS) is 10.7. The Bertz CT molecular complexity index is 354. The molecule has 0 unspecified atom stereocenters. The van der Waals surface area contributed by atoms with E-state index in [1.54, 1.807) is 0 Å². The van der Waals surface area contributed by atoms with Crippen molar-refractivity contribution in [3.05, 3.63) is 12.7 Å². The summed E-state index contributed by atoms with van der Waals surface area (Å²) in [5, 5.41) is 0. The molecule has 0 saturated heterocycles. The summed E-state index contributed by atoms with van der Waals surface area (Å²) in [7, 11) is -4.04. The minimum atomic E-state index is -4.04. The molecule has 0 aromatic heterocycles. The van der Waals surface area contributed by atoms with Crippen molar-refractivity contribution >= 4 is 45.6 Å². The molecule has 0 atom stereocenters. The van der Waals surface area contributed by atoms with Crippen LogP contribution in [0.2, 0.25) is 0 Å².